The molecule has 2 aromatic heterocycles. The van der Waals surface area contributed by atoms with Crippen molar-refractivity contribution in [1.29, 1.82) is 0 Å². The largest absolute Gasteiger partial charge is 0.370 e. The summed E-state index contributed by atoms with van der Waals surface area (Å²) in [6.45, 7) is 6.27. The number of nitrogens with zero attached hydrogens (tertiary/aromatic N) is 2. The quantitative estimate of drug-likeness (QED) is 0.895. The van der Waals surface area contributed by atoms with Crippen LogP contribution in [0.15, 0.2) is 21.3 Å². The Hall–Kier alpha value is -1.89. The summed E-state index contributed by atoms with van der Waals surface area (Å²) >= 11 is 3.31. The van der Waals surface area contributed by atoms with Crippen molar-refractivity contribution in [3.05, 3.63) is 33.6 Å². The van der Waals surface area contributed by atoms with Gasteiger partial charge in [0.05, 0.1) is 11.3 Å². The molecule has 2 N–H and O–H groups in total. The van der Waals surface area contributed by atoms with Crippen LogP contribution in [-0.4, -0.2) is 22.6 Å². The molecule has 106 valence electrons. The number of carbonyl (C=O) groups is 1. The summed E-state index contributed by atoms with van der Waals surface area (Å²) in [5.41, 5.74) is 2.00. The van der Waals surface area contributed by atoms with Crippen LogP contribution in [0.3, 0.4) is 0 Å². The molecule has 0 bridgehead atoms. The molecule has 7 heteroatoms. The zero-order valence-electron chi connectivity index (χ0n) is 11.5. The predicted molar refractivity (Wildman–Crippen MR) is 80.0 cm³/mol. The number of hydrogen-bond acceptors (Lipinski definition) is 5. The number of anilines is 2. The van der Waals surface area contributed by atoms with E-state index >= 15 is 0 Å². The predicted octanol–water partition coefficient (Wildman–Crippen LogP) is 3.13. The second kappa shape index (κ2) is 6.04. The lowest BCUT2D eigenvalue weighted by molar-refractivity contribution is 0.102. The number of nitrogens with one attached hydrogen (secondary N) is 2. The SMILES string of the molecule is CCNc1ncc(Br)cc1C(=O)Nc1onc(C)c1C. The lowest BCUT2D eigenvalue weighted by Gasteiger charge is -2.09. The van der Waals surface area contributed by atoms with E-state index in [0.717, 1.165) is 15.7 Å². The van der Waals surface area contributed by atoms with Crippen LogP contribution in [0, 0.1) is 13.8 Å². The fraction of sp³-hybridized carbons (Fsp3) is 0.308. The molecule has 1 amide bonds. The van der Waals surface area contributed by atoms with Gasteiger partial charge in [-0.2, -0.15) is 0 Å². The van der Waals surface area contributed by atoms with E-state index in [9.17, 15) is 4.79 Å². The highest BCUT2D eigenvalue weighted by molar-refractivity contribution is 9.10. The Morgan fingerprint density at radius 3 is 2.80 bits per heavy atom. The van der Waals surface area contributed by atoms with Gasteiger partial charge in [-0.05, 0) is 42.8 Å². The van der Waals surface area contributed by atoms with Crippen molar-refractivity contribution >= 4 is 33.5 Å². The van der Waals surface area contributed by atoms with Gasteiger partial charge >= 0.3 is 0 Å². The van der Waals surface area contributed by atoms with Gasteiger partial charge in [-0.3, -0.25) is 10.1 Å². The molecule has 0 fully saturated rings. The molecule has 0 aliphatic heterocycles. The molecule has 0 spiro atoms. The summed E-state index contributed by atoms with van der Waals surface area (Å²) in [7, 11) is 0. The van der Waals surface area contributed by atoms with E-state index in [4.69, 9.17) is 4.52 Å². The molecule has 20 heavy (non-hydrogen) atoms. The maximum absolute atomic E-state index is 12.3. The van der Waals surface area contributed by atoms with Crippen molar-refractivity contribution < 1.29 is 9.32 Å². The average molecular weight is 339 g/mol. The lowest BCUT2D eigenvalue weighted by atomic mass is 10.2. The van der Waals surface area contributed by atoms with E-state index in [1.165, 1.54) is 0 Å². The number of carbonyl (C=O) groups excluding carboxylic acids is 1. The first-order valence-electron chi connectivity index (χ1n) is 6.16. The zero-order valence-corrected chi connectivity index (χ0v) is 13.0. The Balaban J connectivity index is 2.28. The maximum Gasteiger partial charge on any atom is 0.261 e. The van der Waals surface area contributed by atoms with Gasteiger partial charge in [0.15, 0.2) is 0 Å². The number of aromatic nitrogens is 2. The van der Waals surface area contributed by atoms with E-state index in [0.29, 0.717) is 23.8 Å². The summed E-state index contributed by atoms with van der Waals surface area (Å²) in [6.07, 6.45) is 1.64. The van der Waals surface area contributed by atoms with Gasteiger partial charge in [0.1, 0.15) is 5.82 Å². The lowest BCUT2D eigenvalue weighted by Crippen LogP contribution is -2.16. The van der Waals surface area contributed by atoms with E-state index in [-0.39, 0.29) is 5.91 Å². The Morgan fingerprint density at radius 1 is 1.45 bits per heavy atom. The van der Waals surface area contributed by atoms with E-state index < -0.39 is 0 Å². The molecule has 0 aliphatic rings. The Kier molecular flexibility index (Phi) is 4.39. The van der Waals surface area contributed by atoms with Crippen LogP contribution in [0.1, 0.15) is 28.5 Å². The highest BCUT2D eigenvalue weighted by Crippen LogP contribution is 2.22. The topological polar surface area (TPSA) is 80.0 Å². The Morgan fingerprint density at radius 2 is 2.20 bits per heavy atom. The first-order chi connectivity index (χ1) is 9.52. The minimum absolute atomic E-state index is 0.297. The van der Waals surface area contributed by atoms with E-state index in [1.54, 1.807) is 12.3 Å². The van der Waals surface area contributed by atoms with E-state index in [2.05, 4.69) is 36.7 Å². The monoisotopic (exact) mass is 338 g/mol. The molecule has 0 atom stereocenters. The number of hydrogen-bond donors (Lipinski definition) is 2. The molecular weight excluding hydrogens is 324 g/mol. The fourth-order valence-corrected chi connectivity index (χ4v) is 1.95. The number of halogens is 1. The molecule has 0 radical (unpaired) electrons. The minimum Gasteiger partial charge on any atom is -0.370 e. The first-order valence-corrected chi connectivity index (χ1v) is 6.95. The maximum atomic E-state index is 12.3. The van der Waals surface area contributed by atoms with Crippen molar-refractivity contribution in [1.82, 2.24) is 10.1 Å². The normalized spacial score (nSPS) is 10.4. The van der Waals surface area contributed by atoms with Crippen molar-refractivity contribution in [3.63, 3.8) is 0 Å². The molecule has 2 aromatic rings. The number of rotatable bonds is 4. The van der Waals surface area contributed by atoms with Gasteiger partial charge in [-0.1, -0.05) is 5.16 Å². The molecule has 0 aromatic carbocycles. The Labute approximate surface area is 125 Å². The molecular formula is C13H15BrN4O2. The number of aryl methyl sites for hydroxylation is 1. The highest BCUT2D eigenvalue weighted by atomic mass is 79.9. The molecule has 0 saturated heterocycles. The van der Waals surface area contributed by atoms with Gasteiger partial charge in [0.25, 0.3) is 5.91 Å². The summed E-state index contributed by atoms with van der Waals surface area (Å²) in [5, 5.41) is 9.56. The highest BCUT2D eigenvalue weighted by Gasteiger charge is 2.17. The van der Waals surface area contributed by atoms with Crippen LogP contribution in [0.25, 0.3) is 0 Å². The summed E-state index contributed by atoms with van der Waals surface area (Å²) in [6, 6.07) is 1.71. The van der Waals surface area contributed by atoms with Crippen LogP contribution in [0.5, 0.6) is 0 Å². The van der Waals surface area contributed by atoms with Crippen molar-refractivity contribution in [2.75, 3.05) is 17.2 Å². The third-order valence-electron chi connectivity index (χ3n) is 2.83. The minimum atomic E-state index is -0.297. The van der Waals surface area contributed by atoms with Crippen LogP contribution in [-0.2, 0) is 0 Å². The Bertz CT molecular complexity index is 639. The van der Waals surface area contributed by atoms with Crippen LogP contribution in [0.2, 0.25) is 0 Å². The van der Waals surface area contributed by atoms with Gasteiger partial charge in [-0.15, -0.1) is 0 Å². The van der Waals surface area contributed by atoms with Crippen LogP contribution < -0.4 is 10.6 Å². The second-order valence-corrected chi connectivity index (χ2v) is 5.17. The van der Waals surface area contributed by atoms with Gasteiger partial charge in [0, 0.05) is 22.8 Å². The van der Waals surface area contributed by atoms with Gasteiger partial charge in [-0.25, -0.2) is 4.98 Å². The first kappa shape index (κ1) is 14.5. The van der Waals surface area contributed by atoms with Crippen LogP contribution in [0.4, 0.5) is 11.7 Å². The van der Waals surface area contributed by atoms with Gasteiger partial charge in [0.2, 0.25) is 5.88 Å². The van der Waals surface area contributed by atoms with Crippen molar-refractivity contribution in [3.8, 4) is 0 Å². The second-order valence-electron chi connectivity index (χ2n) is 4.26. The van der Waals surface area contributed by atoms with Crippen molar-refractivity contribution in [2.45, 2.75) is 20.8 Å². The van der Waals surface area contributed by atoms with Crippen molar-refractivity contribution in [2.24, 2.45) is 0 Å². The van der Waals surface area contributed by atoms with E-state index in [1.807, 2.05) is 20.8 Å². The molecule has 2 heterocycles. The summed E-state index contributed by atoms with van der Waals surface area (Å²) in [4.78, 5) is 16.5. The van der Waals surface area contributed by atoms with Gasteiger partial charge < -0.3 is 9.84 Å². The smallest absolute Gasteiger partial charge is 0.261 e. The zero-order chi connectivity index (χ0) is 14.7. The van der Waals surface area contributed by atoms with Crippen LogP contribution >= 0.6 is 15.9 Å². The summed E-state index contributed by atoms with van der Waals surface area (Å²) < 4.78 is 5.81. The average Bonchev–Trinajstić information content (AvgIpc) is 2.73. The third-order valence-corrected chi connectivity index (χ3v) is 3.26. The molecule has 6 nitrogen and oxygen atoms in total. The summed E-state index contributed by atoms with van der Waals surface area (Å²) in [5.74, 6) is 0.589. The number of pyridine rings is 1. The molecule has 0 aliphatic carbocycles. The molecule has 0 unspecified atom stereocenters. The standard InChI is InChI=1S/C13H15BrN4O2/c1-4-15-11-10(5-9(14)6-16-11)12(19)17-13-7(2)8(3)18-20-13/h5-6H,4H2,1-3H3,(H,15,16)(H,17,19). The molecule has 0 saturated carbocycles. The number of amides is 1. The molecule has 2 rings (SSSR count). The fourth-order valence-electron chi connectivity index (χ4n) is 1.62. The third kappa shape index (κ3) is 2.98.